The van der Waals surface area contributed by atoms with Gasteiger partial charge in [-0.15, -0.1) is 12.4 Å². The fourth-order valence-corrected chi connectivity index (χ4v) is 4.62. The molecule has 1 aromatic heterocycles. The molecule has 0 spiro atoms. The number of hydrogen-bond acceptors (Lipinski definition) is 5. The summed E-state index contributed by atoms with van der Waals surface area (Å²) in [6.45, 7) is 8.48. The predicted molar refractivity (Wildman–Crippen MR) is 131 cm³/mol. The highest BCUT2D eigenvalue weighted by Gasteiger charge is 2.25. The maximum Gasteiger partial charge on any atom is 0.262 e. The van der Waals surface area contributed by atoms with Crippen LogP contribution in [-0.4, -0.2) is 54.6 Å². The third-order valence-electron chi connectivity index (χ3n) is 6.32. The van der Waals surface area contributed by atoms with Gasteiger partial charge in [0.2, 0.25) is 0 Å². The Morgan fingerprint density at radius 1 is 1.16 bits per heavy atom. The first-order chi connectivity index (χ1) is 15.1. The second kappa shape index (κ2) is 9.35. The van der Waals surface area contributed by atoms with Crippen LogP contribution in [0.1, 0.15) is 18.2 Å². The number of rotatable bonds is 4. The molecule has 0 bridgehead atoms. The van der Waals surface area contributed by atoms with E-state index in [1.54, 1.807) is 0 Å². The Hall–Kier alpha value is -2.83. The number of hydrogen-bond donors (Lipinski definition) is 1. The van der Waals surface area contributed by atoms with E-state index in [0.29, 0.717) is 6.04 Å². The molecule has 6 nitrogen and oxygen atoms in total. The highest BCUT2D eigenvalue weighted by Crippen LogP contribution is 2.30. The van der Waals surface area contributed by atoms with Gasteiger partial charge in [0.25, 0.3) is 5.91 Å². The minimum Gasteiger partial charge on any atom is -0.482 e. The van der Waals surface area contributed by atoms with Crippen LogP contribution in [0.15, 0.2) is 48.5 Å². The summed E-state index contributed by atoms with van der Waals surface area (Å²) in [5, 5.41) is 4.13. The number of nitrogens with one attached hydrogen (secondary N) is 1. The highest BCUT2D eigenvalue weighted by atomic mass is 35.5. The summed E-state index contributed by atoms with van der Waals surface area (Å²) in [5.74, 6) is 0.665. The number of fused-ring (bicyclic) bond motifs is 2. The number of nitrogens with zero attached hydrogens (tertiary/aromatic N) is 3. The Kier molecular flexibility index (Phi) is 6.53. The molecule has 2 aliphatic heterocycles. The number of halogens is 1. The van der Waals surface area contributed by atoms with Gasteiger partial charge in [0, 0.05) is 49.0 Å². The third-order valence-corrected chi connectivity index (χ3v) is 6.32. The molecule has 1 N–H and O–H groups in total. The Morgan fingerprint density at radius 2 is 2.03 bits per heavy atom. The summed E-state index contributed by atoms with van der Waals surface area (Å²) in [7, 11) is 0. The molecule has 32 heavy (non-hydrogen) atoms. The molecule has 1 atom stereocenters. The van der Waals surface area contributed by atoms with Crippen LogP contribution >= 0.6 is 12.4 Å². The van der Waals surface area contributed by atoms with Crippen LogP contribution in [0.2, 0.25) is 0 Å². The van der Waals surface area contributed by atoms with Crippen molar-refractivity contribution in [3.8, 4) is 5.75 Å². The van der Waals surface area contributed by atoms with Crippen LogP contribution in [0, 0.1) is 6.92 Å². The van der Waals surface area contributed by atoms with Crippen molar-refractivity contribution in [1.29, 1.82) is 0 Å². The van der Waals surface area contributed by atoms with Crippen molar-refractivity contribution in [2.24, 2.45) is 0 Å². The molecular formula is C25H29ClN4O2. The molecular weight excluding hydrogens is 424 g/mol. The molecule has 2 aliphatic rings. The van der Waals surface area contributed by atoms with Crippen molar-refractivity contribution >= 4 is 40.6 Å². The zero-order valence-electron chi connectivity index (χ0n) is 18.5. The Bertz CT molecular complexity index is 1140. The molecule has 0 aliphatic carbocycles. The van der Waals surface area contributed by atoms with Crippen LogP contribution in [0.25, 0.3) is 10.9 Å². The van der Waals surface area contributed by atoms with Crippen molar-refractivity contribution in [1.82, 2.24) is 9.88 Å². The van der Waals surface area contributed by atoms with Gasteiger partial charge >= 0.3 is 0 Å². The van der Waals surface area contributed by atoms with Gasteiger partial charge in [-0.1, -0.05) is 12.1 Å². The monoisotopic (exact) mass is 452 g/mol. The maximum atomic E-state index is 11.6. The smallest absolute Gasteiger partial charge is 0.262 e. The molecule has 0 saturated carbocycles. The summed E-state index contributed by atoms with van der Waals surface area (Å²) in [6, 6.07) is 17.3. The van der Waals surface area contributed by atoms with E-state index in [9.17, 15) is 4.79 Å². The van der Waals surface area contributed by atoms with Crippen molar-refractivity contribution in [2.45, 2.75) is 26.3 Å². The molecule has 1 amide bonds. The largest absolute Gasteiger partial charge is 0.482 e. The number of anilines is 2. The van der Waals surface area contributed by atoms with Crippen LogP contribution in [0.5, 0.6) is 5.75 Å². The number of ether oxygens (including phenoxy) is 1. The lowest BCUT2D eigenvalue weighted by atomic mass is 10.1. The standard InChI is InChI=1S/C25H28N4O2.ClH/c1-17-6-8-20-21(26-17)4-3-5-23(20)29-13-12-28(18(2)15-29)11-10-19-7-9-24-22(14-19)27-25(30)16-31-24;/h3-9,14,18H,10-13,15-16H2,1-2H3,(H,27,30);1H/t18-;/m0./s1. The van der Waals surface area contributed by atoms with E-state index in [1.807, 2.05) is 19.1 Å². The number of carbonyl (C=O) groups excluding carboxylic acids is 1. The van der Waals surface area contributed by atoms with Gasteiger partial charge in [0.15, 0.2) is 6.61 Å². The summed E-state index contributed by atoms with van der Waals surface area (Å²) in [5.41, 5.74) is 5.40. The fourth-order valence-electron chi connectivity index (χ4n) is 4.62. The van der Waals surface area contributed by atoms with E-state index >= 15 is 0 Å². The lowest BCUT2D eigenvalue weighted by molar-refractivity contribution is -0.118. The molecule has 3 heterocycles. The molecule has 7 heteroatoms. The molecule has 1 saturated heterocycles. The predicted octanol–water partition coefficient (Wildman–Crippen LogP) is 4.05. The second-order valence-corrected chi connectivity index (χ2v) is 8.54. The van der Waals surface area contributed by atoms with E-state index in [1.165, 1.54) is 16.6 Å². The van der Waals surface area contributed by atoms with Gasteiger partial charge < -0.3 is 15.0 Å². The van der Waals surface area contributed by atoms with E-state index in [2.05, 4.69) is 58.4 Å². The molecule has 3 aromatic rings. The van der Waals surface area contributed by atoms with Gasteiger partial charge in [-0.25, -0.2) is 0 Å². The second-order valence-electron chi connectivity index (χ2n) is 8.54. The molecule has 5 rings (SSSR count). The molecule has 168 valence electrons. The Labute approximate surface area is 195 Å². The van der Waals surface area contributed by atoms with Gasteiger partial charge in [-0.2, -0.15) is 0 Å². The van der Waals surface area contributed by atoms with E-state index in [0.717, 1.165) is 55.2 Å². The van der Waals surface area contributed by atoms with Crippen LogP contribution < -0.4 is 15.0 Å². The van der Waals surface area contributed by atoms with Gasteiger partial charge in [-0.05, 0) is 62.2 Å². The van der Waals surface area contributed by atoms with Gasteiger partial charge in [0.05, 0.1) is 11.2 Å². The van der Waals surface area contributed by atoms with Crippen LogP contribution in [-0.2, 0) is 11.2 Å². The summed E-state index contributed by atoms with van der Waals surface area (Å²) in [4.78, 5) is 21.3. The van der Waals surface area contributed by atoms with Crippen molar-refractivity contribution in [2.75, 3.05) is 43.0 Å². The van der Waals surface area contributed by atoms with Crippen molar-refractivity contribution in [3.05, 3.63) is 59.8 Å². The number of carbonyl (C=O) groups is 1. The normalized spacial score (nSPS) is 18.5. The van der Waals surface area contributed by atoms with Crippen molar-refractivity contribution < 1.29 is 9.53 Å². The Balaban J connectivity index is 0.00000245. The maximum absolute atomic E-state index is 11.6. The summed E-state index contributed by atoms with van der Waals surface area (Å²) < 4.78 is 5.46. The zero-order valence-corrected chi connectivity index (χ0v) is 19.3. The van der Waals surface area contributed by atoms with E-state index in [-0.39, 0.29) is 24.9 Å². The lowest BCUT2D eigenvalue weighted by Gasteiger charge is -2.41. The first kappa shape index (κ1) is 22.4. The minimum atomic E-state index is -0.0896. The third kappa shape index (κ3) is 4.52. The number of piperazine rings is 1. The quantitative estimate of drug-likeness (QED) is 0.647. The first-order valence-corrected chi connectivity index (χ1v) is 11.0. The molecule has 0 radical (unpaired) electrons. The fraction of sp³-hybridized carbons (Fsp3) is 0.360. The molecule has 1 fully saturated rings. The van der Waals surface area contributed by atoms with Crippen LogP contribution in [0.4, 0.5) is 11.4 Å². The average molecular weight is 453 g/mol. The molecule has 2 aromatic carbocycles. The zero-order chi connectivity index (χ0) is 21.4. The van der Waals surface area contributed by atoms with Gasteiger partial charge in [0.1, 0.15) is 5.75 Å². The van der Waals surface area contributed by atoms with Crippen LogP contribution in [0.3, 0.4) is 0 Å². The molecule has 0 unspecified atom stereocenters. The van der Waals surface area contributed by atoms with Crippen molar-refractivity contribution in [3.63, 3.8) is 0 Å². The summed E-state index contributed by atoms with van der Waals surface area (Å²) in [6.07, 6.45) is 0.949. The topological polar surface area (TPSA) is 57.7 Å². The van der Waals surface area contributed by atoms with Gasteiger partial charge in [-0.3, -0.25) is 14.7 Å². The number of amides is 1. The Morgan fingerprint density at radius 3 is 2.88 bits per heavy atom. The number of pyridine rings is 1. The number of aryl methyl sites for hydroxylation is 1. The average Bonchev–Trinajstić information content (AvgIpc) is 2.77. The highest BCUT2D eigenvalue weighted by molar-refractivity contribution is 5.95. The number of aromatic nitrogens is 1. The minimum absolute atomic E-state index is 0. The number of benzene rings is 2. The van der Waals surface area contributed by atoms with E-state index < -0.39 is 0 Å². The first-order valence-electron chi connectivity index (χ1n) is 11.0. The SMILES string of the molecule is Cc1ccc2c(N3CCN(CCc4ccc5c(c4)NC(=O)CO5)[C@@H](C)C3)cccc2n1.Cl. The van der Waals surface area contributed by atoms with E-state index in [4.69, 9.17) is 9.72 Å². The lowest BCUT2D eigenvalue weighted by Crippen LogP contribution is -2.52. The summed E-state index contributed by atoms with van der Waals surface area (Å²) >= 11 is 0.